The van der Waals surface area contributed by atoms with E-state index >= 15 is 8.78 Å². The molecule has 0 atom stereocenters. The van der Waals surface area contributed by atoms with Crippen molar-refractivity contribution in [1.82, 2.24) is 20.2 Å². The standard InChI is InChI=1S/C34H30F2N4O4/c1-3-37-32(41)24-17-40(18-24)16-20-5-7-21(8-6-20)22-9-11-23(12-10-22)29-27(35)15-28-31(30(29)36)39-34(38-28)44-25-13-4-19(2)26(14-25)33(42)43/h4-15,24H,3,16-18H2,1-2H3,(H,37,41)(H,38,39)(H,42,43). The molecule has 1 amide bonds. The van der Waals surface area contributed by atoms with Gasteiger partial charge in [0.2, 0.25) is 5.91 Å². The van der Waals surface area contributed by atoms with Crippen molar-refractivity contribution in [2.45, 2.75) is 20.4 Å². The van der Waals surface area contributed by atoms with Crippen LogP contribution in [0.25, 0.3) is 33.3 Å². The average molecular weight is 597 g/mol. The molecule has 1 aliphatic rings. The van der Waals surface area contributed by atoms with Crippen LogP contribution in [0.3, 0.4) is 0 Å². The number of carboxylic acid groups (broad SMARTS) is 1. The van der Waals surface area contributed by atoms with Gasteiger partial charge in [-0.1, -0.05) is 54.6 Å². The smallest absolute Gasteiger partial charge is 0.336 e. The molecule has 0 spiro atoms. The van der Waals surface area contributed by atoms with E-state index in [-0.39, 0.29) is 45.7 Å². The number of amides is 1. The number of likely N-dealkylation sites (tertiary alicyclic amines) is 1. The van der Waals surface area contributed by atoms with Crippen LogP contribution in [0.4, 0.5) is 8.78 Å². The predicted molar refractivity (Wildman–Crippen MR) is 163 cm³/mol. The lowest BCUT2D eigenvalue weighted by atomic mass is 9.97. The molecular formula is C34H30F2N4O4. The first-order valence-corrected chi connectivity index (χ1v) is 14.3. The minimum Gasteiger partial charge on any atom is -0.478 e. The van der Waals surface area contributed by atoms with Crippen LogP contribution in [0.5, 0.6) is 11.8 Å². The van der Waals surface area contributed by atoms with Crippen LogP contribution in [0.1, 0.15) is 28.4 Å². The highest BCUT2D eigenvalue weighted by Crippen LogP contribution is 2.34. The van der Waals surface area contributed by atoms with Crippen molar-refractivity contribution in [3.63, 3.8) is 0 Å². The zero-order valence-corrected chi connectivity index (χ0v) is 24.2. The van der Waals surface area contributed by atoms with Crippen LogP contribution in [-0.2, 0) is 11.3 Å². The fraction of sp³-hybridized carbons (Fsp3) is 0.206. The molecule has 0 saturated carbocycles. The Morgan fingerprint density at radius 2 is 1.66 bits per heavy atom. The summed E-state index contributed by atoms with van der Waals surface area (Å²) in [6.45, 7) is 6.50. The van der Waals surface area contributed by atoms with Crippen LogP contribution >= 0.6 is 0 Å². The number of aromatic nitrogens is 2. The number of nitrogens with one attached hydrogen (secondary N) is 2. The summed E-state index contributed by atoms with van der Waals surface area (Å²) >= 11 is 0. The molecule has 3 N–H and O–H groups in total. The van der Waals surface area contributed by atoms with Gasteiger partial charge < -0.3 is 20.1 Å². The Morgan fingerprint density at radius 1 is 1.00 bits per heavy atom. The highest BCUT2D eigenvalue weighted by atomic mass is 19.1. The molecule has 1 saturated heterocycles. The molecule has 1 aromatic heterocycles. The van der Waals surface area contributed by atoms with Crippen molar-refractivity contribution in [3.05, 3.63) is 101 Å². The number of H-pyrrole nitrogens is 1. The number of benzene rings is 4. The lowest BCUT2D eigenvalue weighted by Gasteiger charge is -2.38. The van der Waals surface area contributed by atoms with E-state index in [0.717, 1.165) is 42.4 Å². The van der Waals surface area contributed by atoms with E-state index in [1.54, 1.807) is 31.2 Å². The van der Waals surface area contributed by atoms with Crippen LogP contribution in [0, 0.1) is 24.5 Å². The second-order valence-corrected chi connectivity index (χ2v) is 10.9. The van der Waals surface area contributed by atoms with Crippen LogP contribution in [0.2, 0.25) is 0 Å². The number of ether oxygens (including phenoxy) is 1. The molecule has 6 rings (SSSR count). The van der Waals surface area contributed by atoms with Crippen molar-refractivity contribution < 1.29 is 28.2 Å². The third kappa shape index (κ3) is 5.76. The van der Waals surface area contributed by atoms with Crippen LogP contribution in [0.15, 0.2) is 72.8 Å². The third-order valence-electron chi connectivity index (χ3n) is 7.85. The SMILES string of the molecule is CCNC(=O)C1CN(Cc2ccc(-c3ccc(-c4c(F)cc5[nH]c(Oc6ccc(C)c(C(=O)O)c6)nc5c4F)cc3)cc2)C1. The van der Waals surface area contributed by atoms with Gasteiger partial charge >= 0.3 is 5.97 Å². The first-order chi connectivity index (χ1) is 21.2. The number of hydrogen-bond acceptors (Lipinski definition) is 5. The van der Waals surface area contributed by atoms with E-state index < -0.39 is 17.6 Å². The van der Waals surface area contributed by atoms with Crippen LogP contribution in [-0.4, -0.2) is 51.5 Å². The maximum Gasteiger partial charge on any atom is 0.336 e. The van der Waals surface area contributed by atoms with Gasteiger partial charge in [-0.25, -0.2) is 13.6 Å². The largest absolute Gasteiger partial charge is 0.478 e. The van der Waals surface area contributed by atoms with E-state index in [9.17, 15) is 14.7 Å². The molecule has 10 heteroatoms. The number of aromatic carboxylic acids is 1. The highest BCUT2D eigenvalue weighted by molar-refractivity contribution is 5.90. The summed E-state index contributed by atoms with van der Waals surface area (Å²) in [5, 5.41) is 12.2. The summed E-state index contributed by atoms with van der Waals surface area (Å²) in [6, 6.07) is 20.7. The second kappa shape index (κ2) is 11.9. The molecule has 0 aliphatic carbocycles. The van der Waals surface area contributed by atoms with Gasteiger partial charge in [-0.2, -0.15) is 4.98 Å². The molecule has 1 fully saturated rings. The zero-order chi connectivity index (χ0) is 31.0. The number of fused-ring (bicyclic) bond motifs is 1. The lowest BCUT2D eigenvalue weighted by molar-refractivity contribution is -0.130. The third-order valence-corrected chi connectivity index (χ3v) is 7.85. The van der Waals surface area contributed by atoms with E-state index in [2.05, 4.69) is 20.2 Å². The fourth-order valence-corrected chi connectivity index (χ4v) is 5.45. The fourth-order valence-electron chi connectivity index (χ4n) is 5.45. The molecule has 224 valence electrons. The average Bonchev–Trinajstić information content (AvgIpc) is 3.38. The molecule has 44 heavy (non-hydrogen) atoms. The van der Waals surface area contributed by atoms with Crippen molar-refractivity contribution in [2.24, 2.45) is 5.92 Å². The van der Waals surface area contributed by atoms with Crippen LogP contribution < -0.4 is 10.1 Å². The molecule has 0 bridgehead atoms. The topological polar surface area (TPSA) is 108 Å². The molecule has 2 heterocycles. The first kappa shape index (κ1) is 29.0. The van der Waals surface area contributed by atoms with Gasteiger partial charge in [-0.3, -0.25) is 9.69 Å². The van der Waals surface area contributed by atoms with Gasteiger partial charge in [-0.05, 0) is 53.8 Å². The van der Waals surface area contributed by atoms with Gasteiger partial charge in [0.25, 0.3) is 6.01 Å². The Balaban J connectivity index is 1.16. The van der Waals surface area contributed by atoms with Gasteiger partial charge in [0.1, 0.15) is 17.1 Å². The monoisotopic (exact) mass is 596 g/mol. The normalized spacial score (nSPS) is 13.5. The minimum absolute atomic E-state index is 0.0548. The van der Waals surface area contributed by atoms with E-state index in [4.69, 9.17) is 4.74 Å². The molecule has 0 unspecified atom stereocenters. The number of nitrogens with zero attached hydrogens (tertiary/aromatic N) is 2. The molecule has 5 aromatic rings. The quantitative estimate of drug-likeness (QED) is 0.178. The summed E-state index contributed by atoms with van der Waals surface area (Å²) in [5.41, 5.74) is 3.80. The number of carbonyl (C=O) groups is 2. The van der Waals surface area contributed by atoms with E-state index in [1.165, 1.54) is 6.07 Å². The minimum atomic E-state index is -1.10. The summed E-state index contributed by atoms with van der Waals surface area (Å²) in [7, 11) is 0. The highest BCUT2D eigenvalue weighted by Gasteiger charge is 2.32. The number of rotatable bonds is 9. The lowest BCUT2D eigenvalue weighted by Crippen LogP contribution is -2.52. The van der Waals surface area contributed by atoms with Crippen molar-refractivity contribution in [1.29, 1.82) is 0 Å². The maximum atomic E-state index is 15.6. The van der Waals surface area contributed by atoms with Gasteiger partial charge in [-0.15, -0.1) is 0 Å². The van der Waals surface area contributed by atoms with E-state index in [0.29, 0.717) is 17.7 Å². The summed E-state index contributed by atoms with van der Waals surface area (Å²) < 4.78 is 36.4. The molecule has 0 radical (unpaired) electrons. The second-order valence-electron chi connectivity index (χ2n) is 10.9. The predicted octanol–water partition coefficient (Wildman–Crippen LogP) is 6.54. The van der Waals surface area contributed by atoms with Gasteiger partial charge in [0.05, 0.1) is 22.6 Å². The zero-order valence-electron chi connectivity index (χ0n) is 24.2. The molecule has 8 nitrogen and oxygen atoms in total. The number of aromatic amines is 1. The number of carbonyl (C=O) groups excluding carboxylic acids is 1. The number of aryl methyl sites for hydroxylation is 1. The Morgan fingerprint density at radius 3 is 2.32 bits per heavy atom. The maximum absolute atomic E-state index is 15.6. The Labute approximate surface area is 252 Å². The van der Waals surface area contributed by atoms with Crippen molar-refractivity contribution in [3.8, 4) is 34.0 Å². The van der Waals surface area contributed by atoms with E-state index in [1.807, 2.05) is 43.3 Å². The molecule has 4 aromatic carbocycles. The number of hydrogen-bond donors (Lipinski definition) is 3. The Bertz CT molecular complexity index is 1860. The Kier molecular flexibility index (Phi) is 7.84. The summed E-state index contributed by atoms with van der Waals surface area (Å²) in [6.07, 6.45) is 0. The summed E-state index contributed by atoms with van der Waals surface area (Å²) in [4.78, 5) is 32.5. The van der Waals surface area contributed by atoms with Gasteiger partial charge in [0, 0.05) is 32.2 Å². The Hall–Kier alpha value is -5.09. The van der Waals surface area contributed by atoms with Crippen molar-refractivity contribution >= 4 is 22.9 Å². The first-order valence-electron chi connectivity index (χ1n) is 14.3. The number of carboxylic acids is 1. The molecule has 1 aliphatic heterocycles. The summed E-state index contributed by atoms with van der Waals surface area (Å²) in [5.74, 6) is -2.33. The number of imidazole rings is 1. The molecular weight excluding hydrogens is 566 g/mol. The van der Waals surface area contributed by atoms with Gasteiger partial charge in [0.15, 0.2) is 5.82 Å². The van der Waals surface area contributed by atoms with Crippen molar-refractivity contribution in [2.75, 3.05) is 19.6 Å². The number of halogens is 2.